The van der Waals surface area contributed by atoms with Crippen molar-refractivity contribution in [2.24, 2.45) is 0 Å². The number of aliphatic hydroxyl groups is 1. The van der Waals surface area contributed by atoms with Crippen molar-refractivity contribution in [3.05, 3.63) is 44.6 Å². The zero-order valence-corrected chi connectivity index (χ0v) is 14.4. The van der Waals surface area contributed by atoms with Crippen LogP contribution in [0.4, 0.5) is 5.69 Å². The largest absolute Gasteiger partial charge is 0.398 e. The topological polar surface area (TPSA) is 92.4 Å². The fraction of sp³-hybridized carbons (Fsp3) is 0.231. The molecular formula is C13H15BrN2O3S2. The summed E-state index contributed by atoms with van der Waals surface area (Å²) in [5.41, 5.74) is 7.34. The Labute approximate surface area is 136 Å². The number of rotatable bonds is 5. The van der Waals surface area contributed by atoms with Crippen molar-refractivity contribution in [3.8, 4) is 0 Å². The van der Waals surface area contributed by atoms with Crippen molar-refractivity contribution in [2.75, 3.05) is 12.3 Å². The van der Waals surface area contributed by atoms with Crippen molar-refractivity contribution < 1.29 is 13.5 Å². The number of halogens is 1. The summed E-state index contributed by atoms with van der Waals surface area (Å²) in [5, 5.41) is 13.5. The number of nitrogen functional groups attached to an aromatic ring is 1. The van der Waals surface area contributed by atoms with Gasteiger partial charge in [0.1, 0.15) is 0 Å². The van der Waals surface area contributed by atoms with E-state index in [4.69, 9.17) is 5.73 Å². The van der Waals surface area contributed by atoms with Gasteiger partial charge in [-0.15, -0.1) is 0 Å². The van der Waals surface area contributed by atoms with E-state index in [0.717, 1.165) is 0 Å². The van der Waals surface area contributed by atoms with E-state index in [9.17, 15) is 13.5 Å². The third-order valence-electron chi connectivity index (χ3n) is 3.05. The first-order valence-corrected chi connectivity index (χ1v) is 9.28. The summed E-state index contributed by atoms with van der Waals surface area (Å²) in [4.78, 5) is 0.104. The van der Waals surface area contributed by atoms with Gasteiger partial charge in [0.15, 0.2) is 0 Å². The Bertz CT molecular complexity index is 730. The number of sulfonamides is 1. The van der Waals surface area contributed by atoms with Crippen LogP contribution in [-0.2, 0) is 10.0 Å². The molecule has 2 aromatic rings. The van der Waals surface area contributed by atoms with E-state index in [2.05, 4.69) is 20.7 Å². The zero-order chi connectivity index (χ0) is 15.6. The maximum absolute atomic E-state index is 12.3. The number of benzene rings is 1. The van der Waals surface area contributed by atoms with Crippen molar-refractivity contribution >= 4 is 43.0 Å². The predicted molar refractivity (Wildman–Crippen MR) is 87.8 cm³/mol. The van der Waals surface area contributed by atoms with Crippen LogP contribution in [0.5, 0.6) is 0 Å². The van der Waals surface area contributed by atoms with Gasteiger partial charge in [-0.2, -0.15) is 11.3 Å². The molecule has 1 atom stereocenters. The van der Waals surface area contributed by atoms with Gasteiger partial charge in [-0.3, -0.25) is 0 Å². The molecule has 0 amide bonds. The zero-order valence-electron chi connectivity index (χ0n) is 11.2. The lowest BCUT2D eigenvalue weighted by atomic mass is 10.2. The fourth-order valence-corrected chi connectivity index (χ4v) is 4.47. The molecule has 0 aliphatic carbocycles. The Hall–Kier alpha value is -0.930. The van der Waals surface area contributed by atoms with Gasteiger partial charge in [0, 0.05) is 16.7 Å². The lowest BCUT2D eigenvalue weighted by Crippen LogP contribution is -2.29. The molecule has 1 aromatic heterocycles. The molecule has 0 radical (unpaired) electrons. The van der Waals surface area contributed by atoms with Crippen LogP contribution < -0.4 is 10.5 Å². The summed E-state index contributed by atoms with van der Waals surface area (Å²) >= 11 is 4.67. The third-order valence-corrected chi connectivity index (χ3v) is 5.76. The minimum absolute atomic E-state index is 0.0923. The summed E-state index contributed by atoms with van der Waals surface area (Å²) in [7, 11) is -3.74. The predicted octanol–water partition coefficient (Wildman–Crippen LogP) is 2.41. The smallest absolute Gasteiger partial charge is 0.241 e. The Morgan fingerprint density at radius 2 is 2.19 bits per heavy atom. The molecule has 0 bridgehead atoms. The normalized spacial score (nSPS) is 13.3. The highest BCUT2D eigenvalue weighted by molar-refractivity contribution is 9.10. The average molecular weight is 391 g/mol. The molecule has 1 heterocycles. The molecule has 2 rings (SSSR count). The van der Waals surface area contributed by atoms with E-state index in [0.29, 0.717) is 21.3 Å². The van der Waals surface area contributed by atoms with Crippen molar-refractivity contribution in [3.63, 3.8) is 0 Å². The molecule has 4 N–H and O–H groups in total. The van der Waals surface area contributed by atoms with E-state index in [1.807, 2.05) is 5.38 Å². The number of hydrogen-bond donors (Lipinski definition) is 3. The lowest BCUT2D eigenvalue weighted by molar-refractivity contribution is 0.182. The summed E-state index contributed by atoms with van der Waals surface area (Å²) in [6, 6.07) is 4.89. The Morgan fingerprint density at radius 1 is 1.48 bits per heavy atom. The van der Waals surface area contributed by atoms with E-state index in [1.54, 1.807) is 24.4 Å². The van der Waals surface area contributed by atoms with Gasteiger partial charge in [0.05, 0.1) is 11.0 Å². The number of nitrogens with two attached hydrogens (primary N) is 1. The molecule has 0 aliphatic heterocycles. The lowest BCUT2D eigenvalue weighted by Gasteiger charge is -2.14. The number of anilines is 1. The molecule has 0 saturated heterocycles. The fourth-order valence-electron chi connectivity index (χ4n) is 1.80. The van der Waals surface area contributed by atoms with Crippen molar-refractivity contribution in [1.29, 1.82) is 0 Å². The highest BCUT2D eigenvalue weighted by Crippen LogP contribution is 2.26. The number of hydrogen-bond acceptors (Lipinski definition) is 5. The second-order valence-corrected chi connectivity index (χ2v) is 7.97. The first-order valence-electron chi connectivity index (χ1n) is 6.06. The average Bonchev–Trinajstić information content (AvgIpc) is 2.94. The van der Waals surface area contributed by atoms with Crippen molar-refractivity contribution in [2.45, 2.75) is 17.9 Å². The van der Waals surface area contributed by atoms with Crippen LogP contribution in [0, 0.1) is 6.92 Å². The summed E-state index contributed by atoms with van der Waals surface area (Å²) in [5.74, 6) is 0. The minimum Gasteiger partial charge on any atom is -0.398 e. The molecule has 0 saturated carbocycles. The van der Waals surface area contributed by atoms with Gasteiger partial charge in [-0.25, -0.2) is 13.1 Å². The van der Waals surface area contributed by atoms with Crippen LogP contribution in [0.15, 0.2) is 38.3 Å². The maximum atomic E-state index is 12.3. The summed E-state index contributed by atoms with van der Waals surface area (Å²) < 4.78 is 27.7. The van der Waals surface area contributed by atoms with Gasteiger partial charge in [0.2, 0.25) is 10.0 Å². The SMILES string of the molecule is Cc1c(N)cc(Br)cc1S(=O)(=O)NCC(O)c1ccsc1. The van der Waals surface area contributed by atoms with Crippen LogP contribution in [0.25, 0.3) is 0 Å². The molecule has 1 aromatic carbocycles. The van der Waals surface area contributed by atoms with E-state index < -0.39 is 16.1 Å². The van der Waals surface area contributed by atoms with E-state index in [-0.39, 0.29) is 11.4 Å². The van der Waals surface area contributed by atoms with Gasteiger partial charge >= 0.3 is 0 Å². The molecule has 5 nitrogen and oxygen atoms in total. The highest BCUT2D eigenvalue weighted by Gasteiger charge is 2.20. The summed E-state index contributed by atoms with van der Waals surface area (Å²) in [6.07, 6.45) is -0.879. The summed E-state index contributed by atoms with van der Waals surface area (Å²) in [6.45, 7) is 1.55. The number of nitrogens with one attached hydrogen (secondary N) is 1. The quantitative estimate of drug-likeness (QED) is 0.683. The van der Waals surface area contributed by atoms with Crippen LogP contribution in [-0.4, -0.2) is 20.1 Å². The Morgan fingerprint density at radius 3 is 2.81 bits per heavy atom. The van der Waals surface area contributed by atoms with Gasteiger partial charge in [0.25, 0.3) is 0 Å². The standard InChI is InChI=1S/C13H15BrN2O3S2/c1-8-11(15)4-10(14)5-13(8)21(18,19)16-6-12(17)9-2-3-20-7-9/h2-5,7,12,16-17H,6,15H2,1H3. The molecule has 114 valence electrons. The molecule has 0 fully saturated rings. The van der Waals surface area contributed by atoms with E-state index >= 15 is 0 Å². The highest BCUT2D eigenvalue weighted by atomic mass is 79.9. The molecule has 8 heteroatoms. The molecule has 0 spiro atoms. The molecule has 0 aliphatic rings. The van der Waals surface area contributed by atoms with Gasteiger partial charge < -0.3 is 10.8 Å². The van der Waals surface area contributed by atoms with Crippen LogP contribution >= 0.6 is 27.3 Å². The third kappa shape index (κ3) is 3.83. The van der Waals surface area contributed by atoms with Gasteiger partial charge in [-0.05, 0) is 47.0 Å². The first kappa shape index (κ1) is 16.4. The number of aliphatic hydroxyl groups excluding tert-OH is 1. The van der Waals surface area contributed by atoms with E-state index in [1.165, 1.54) is 17.4 Å². The number of thiophene rings is 1. The van der Waals surface area contributed by atoms with Gasteiger partial charge in [-0.1, -0.05) is 15.9 Å². The Kier molecular flexibility index (Phi) is 5.05. The van der Waals surface area contributed by atoms with Crippen molar-refractivity contribution in [1.82, 2.24) is 4.72 Å². The molecular weight excluding hydrogens is 376 g/mol. The van der Waals surface area contributed by atoms with Crippen LogP contribution in [0.2, 0.25) is 0 Å². The second-order valence-electron chi connectivity index (χ2n) is 4.54. The minimum atomic E-state index is -3.74. The molecule has 21 heavy (non-hydrogen) atoms. The maximum Gasteiger partial charge on any atom is 0.241 e. The second kappa shape index (κ2) is 6.45. The molecule has 1 unspecified atom stereocenters. The van der Waals surface area contributed by atoms with Crippen LogP contribution in [0.3, 0.4) is 0 Å². The monoisotopic (exact) mass is 390 g/mol. The van der Waals surface area contributed by atoms with Crippen LogP contribution in [0.1, 0.15) is 17.2 Å². The Balaban J connectivity index is 2.19. The first-order chi connectivity index (χ1) is 9.81.